The van der Waals surface area contributed by atoms with Crippen LogP contribution >= 0.6 is 0 Å². The van der Waals surface area contributed by atoms with Gasteiger partial charge in [-0.05, 0) is 18.2 Å². The Hall–Kier alpha value is -1.84. The van der Waals surface area contributed by atoms with E-state index >= 15 is 0 Å². The summed E-state index contributed by atoms with van der Waals surface area (Å²) in [6.45, 7) is 0. The summed E-state index contributed by atoms with van der Waals surface area (Å²) in [5, 5.41) is 0.941. The number of rotatable bonds is 1. The number of aromatic nitrogens is 2. The van der Waals surface area contributed by atoms with Crippen molar-refractivity contribution in [2.24, 2.45) is 0 Å². The Balaban J connectivity index is 2.92. The van der Waals surface area contributed by atoms with Crippen LogP contribution in [0.25, 0.3) is 11.0 Å². The maximum atomic E-state index is 11.3. The van der Waals surface area contributed by atoms with Crippen molar-refractivity contribution in [3.05, 3.63) is 40.8 Å². The van der Waals surface area contributed by atoms with E-state index in [-0.39, 0.29) is 5.56 Å². The number of hydrogen-bond donors (Lipinski definition) is 1. The predicted molar refractivity (Wildman–Crippen MR) is 51.3 cm³/mol. The number of fused-ring (bicyclic) bond motifs is 1. The Kier molecular flexibility index (Phi) is 1.73. The highest BCUT2D eigenvalue weighted by molar-refractivity contribution is 5.74. The molecule has 0 amide bonds. The Bertz CT molecular complexity index is 489. The first-order valence-electron chi connectivity index (χ1n) is 3.97. The van der Waals surface area contributed by atoms with Crippen LogP contribution in [0.1, 0.15) is 0 Å². The molecule has 0 aromatic carbocycles. The minimum atomic E-state index is -0.103. The van der Waals surface area contributed by atoms with Crippen LogP contribution in [-0.4, -0.2) is 16.7 Å². The first-order chi connectivity index (χ1) is 6.33. The third-order valence-electron chi connectivity index (χ3n) is 1.88. The molecular weight excluding hydrogens is 166 g/mol. The highest BCUT2D eigenvalue weighted by Crippen LogP contribution is 2.05. The van der Waals surface area contributed by atoms with E-state index in [9.17, 15) is 4.79 Å². The van der Waals surface area contributed by atoms with E-state index in [0.29, 0.717) is 5.65 Å². The SMILES string of the molecule is CNn1c(=O)ccc2cccnc21. The molecule has 0 unspecified atom stereocenters. The third-order valence-corrected chi connectivity index (χ3v) is 1.88. The van der Waals surface area contributed by atoms with Gasteiger partial charge in [0.2, 0.25) is 0 Å². The monoisotopic (exact) mass is 175 g/mol. The summed E-state index contributed by atoms with van der Waals surface area (Å²) in [5.41, 5.74) is 3.33. The van der Waals surface area contributed by atoms with Crippen molar-refractivity contribution in [3.63, 3.8) is 0 Å². The van der Waals surface area contributed by atoms with E-state index in [1.807, 2.05) is 12.1 Å². The molecule has 4 heteroatoms. The smallest absolute Gasteiger partial charge is 0.270 e. The maximum Gasteiger partial charge on any atom is 0.270 e. The molecular formula is C9H9N3O. The van der Waals surface area contributed by atoms with Crippen molar-refractivity contribution in [3.8, 4) is 0 Å². The average Bonchev–Trinajstić information content (AvgIpc) is 2.18. The highest BCUT2D eigenvalue weighted by atomic mass is 16.1. The molecule has 0 bridgehead atoms. The van der Waals surface area contributed by atoms with Crippen LogP contribution in [-0.2, 0) is 0 Å². The molecule has 0 saturated heterocycles. The molecule has 0 aliphatic heterocycles. The minimum Gasteiger partial charge on any atom is -0.324 e. The van der Waals surface area contributed by atoms with E-state index in [4.69, 9.17) is 0 Å². The Labute approximate surface area is 74.8 Å². The maximum absolute atomic E-state index is 11.3. The van der Waals surface area contributed by atoms with Crippen LogP contribution in [0.2, 0.25) is 0 Å². The van der Waals surface area contributed by atoms with Crippen LogP contribution in [0.15, 0.2) is 35.3 Å². The Morgan fingerprint density at radius 1 is 1.38 bits per heavy atom. The molecule has 0 fully saturated rings. The molecule has 2 heterocycles. The zero-order valence-corrected chi connectivity index (χ0v) is 7.19. The van der Waals surface area contributed by atoms with Gasteiger partial charge in [0.05, 0.1) is 0 Å². The third kappa shape index (κ3) is 1.16. The fourth-order valence-corrected chi connectivity index (χ4v) is 1.28. The van der Waals surface area contributed by atoms with Crippen LogP contribution in [0.5, 0.6) is 0 Å². The van der Waals surface area contributed by atoms with E-state index in [0.717, 1.165) is 5.39 Å². The Morgan fingerprint density at radius 3 is 3.00 bits per heavy atom. The number of nitrogens with zero attached hydrogens (tertiary/aromatic N) is 2. The van der Waals surface area contributed by atoms with Crippen LogP contribution in [0.4, 0.5) is 0 Å². The molecule has 0 atom stereocenters. The van der Waals surface area contributed by atoms with Gasteiger partial charge in [-0.3, -0.25) is 4.79 Å². The van der Waals surface area contributed by atoms with Gasteiger partial charge in [-0.2, -0.15) is 0 Å². The van der Waals surface area contributed by atoms with E-state index in [1.165, 1.54) is 10.7 Å². The number of pyridine rings is 2. The second-order valence-corrected chi connectivity index (χ2v) is 2.65. The lowest BCUT2D eigenvalue weighted by atomic mass is 10.3. The fraction of sp³-hybridized carbons (Fsp3) is 0.111. The topological polar surface area (TPSA) is 46.9 Å². The molecule has 2 aromatic heterocycles. The predicted octanol–water partition coefficient (Wildman–Crippen LogP) is 0.570. The van der Waals surface area contributed by atoms with Crippen molar-refractivity contribution in [1.82, 2.24) is 9.66 Å². The fourth-order valence-electron chi connectivity index (χ4n) is 1.28. The van der Waals surface area contributed by atoms with Gasteiger partial charge in [-0.15, -0.1) is 0 Å². The van der Waals surface area contributed by atoms with E-state index < -0.39 is 0 Å². The van der Waals surface area contributed by atoms with Crippen molar-refractivity contribution in [2.75, 3.05) is 12.5 Å². The quantitative estimate of drug-likeness (QED) is 0.689. The second-order valence-electron chi connectivity index (χ2n) is 2.65. The lowest BCUT2D eigenvalue weighted by Gasteiger charge is -2.06. The molecule has 66 valence electrons. The van der Waals surface area contributed by atoms with Crippen molar-refractivity contribution in [1.29, 1.82) is 0 Å². The largest absolute Gasteiger partial charge is 0.324 e. The highest BCUT2D eigenvalue weighted by Gasteiger charge is 1.99. The van der Waals surface area contributed by atoms with Gasteiger partial charge >= 0.3 is 0 Å². The summed E-state index contributed by atoms with van der Waals surface area (Å²) < 4.78 is 1.41. The molecule has 4 nitrogen and oxygen atoms in total. The van der Waals surface area contributed by atoms with Crippen molar-refractivity contribution < 1.29 is 0 Å². The van der Waals surface area contributed by atoms with Gasteiger partial charge in [-0.25, -0.2) is 9.66 Å². The molecule has 0 radical (unpaired) electrons. The molecule has 0 saturated carbocycles. The molecule has 2 rings (SSSR count). The molecule has 13 heavy (non-hydrogen) atoms. The van der Waals surface area contributed by atoms with E-state index in [2.05, 4.69) is 10.4 Å². The van der Waals surface area contributed by atoms with Gasteiger partial charge in [0.1, 0.15) is 0 Å². The molecule has 0 aliphatic rings. The van der Waals surface area contributed by atoms with E-state index in [1.54, 1.807) is 19.3 Å². The number of hydrogen-bond acceptors (Lipinski definition) is 3. The molecule has 0 spiro atoms. The van der Waals surface area contributed by atoms with Gasteiger partial charge < -0.3 is 5.43 Å². The van der Waals surface area contributed by atoms with Crippen LogP contribution in [0.3, 0.4) is 0 Å². The lowest BCUT2D eigenvalue weighted by molar-refractivity contribution is 0.899. The van der Waals surface area contributed by atoms with Crippen molar-refractivity contribution in [2.45, 2.75) is 0 Å². The normalized spacial score (nSPS) is 10.2. The van der Waals surface area contributed by atoms with Crippen LogP contribution in [0, 0.1) is 0 Å². The summed E-state index contributed by atoms with van der Waals surface area (Å²) in [6.07, 6.45) is 1.66. The zero-order valence-electron chi connectivity index (χ0n) is 7.19. The molecule has 1 N–H and O–H groups in total. The lowest BCUT2D eigenvalue weighted by Crippen LogP contribution is -2.26. The van der Waals surface area contributed by atoms with Gasteiger partial charge in [0.25, 0.3) is 5.56 Å². The standard InChI is InChI=1S/C9H9N3O/c1-10-12-8(13)5-4-7-3-2-6-11-9(7)12/h2-6,10H,1H3. The number of nitrogens with one attached hydrogen (secondary N) is 1. The molecule has 2 aromatic rings. The first-order valence-corrected chi connectivity index (χ1v) is 3.97. The van der Waals surface area contributed by atoms with Crippen molar-refractivity contribution >= 4 is 11.0 Å². The first kappa shape index (κ1) is 7.79. The zero-order chi connectivity index (χ0) is 9.26. The summed E-state index contributed by atoms with van der Waals surface area (Å²) in [7, 11) is 1.69. The summed E-state index contributed by atoms with van der Waals surface area (Å²) in [4.78, 5) is 15.4. The summed E-state index contributed by atoms with van der Waals surface area (Å²) >= 11 is 0. The average molecular weight is 175 g/mol. The minimum absolute atomic E-state index is 0.103. The van der Waals surface area contributed by atoms with Gasteiger partial charge in [0.15, 0.2) is 5.65 Å². The van der Waals surface area contributed by atoms with Gasteiger partial charge in [0, 0.05) is 24.7 Å². The molecule has 0 aliphatic carbocycles. The summed E-state index contributed by atoms with van der Waals surface area (Å²) in [5.74, 6) is 0. The van der Waals surface area contributed by atoms with Crippen LogP contribution < -0.4 is 11.0 Å². The Morgan fingerprint density at radius 2 is 2.23 bits per heavy atom. The second kappa shape index (κ2) is 2.90. The van der Waals surface area contributed by atoms with Gasteiger partial charge in [-0.1, -0.05) is 0 Å². The summed E-state index contributed by atoms with van der Waals surface area (Å²) in [6, 6.07) is 7.03.